The predicted molar refractivity (Wildman–Crippen MR) is 128 cm³/mol. The molecule has 162 valence electrons. The molecular weight excluding hydrogens is 400 g/mol. The van der Waals surface area contributed by atoms with E-state index in [-0.39, 0.29) is 0 Å². The van der Waals surface area contributed by atoms with Gasteiger partial charge in [-0.3, -0.25) is 4.79 Å². The van der Waals surface area contributed by atoms with E-state index in [2.05, 4.69) is 41.7 Å². The summed E-state index contributed by atoms with van der Waals surface area (Å²) in [5.74, 6) is -0.419. The van der Waals surface area contributed by atoms with Crippen LogP contribution in [-0.4, -0.2) is 33.3 Å². The van der Waals surface area contributed by atoms with Gasteiger partial charge in [0.15, 0.2) is 0 Å². The smallest absolute Gasteiger partial charge is 0.248 e. The van der Waals surface area contributed by atoms with Crippen molar-refractivity contribution in [3.05, 3.63) is 83.7 Å². The van der Waals surface area contributed by atoms with Crippen molar-refractivity contribution in [3.63, 3.8) is 0 Å². The molecule has 0 atom stereocenters. The molecule has 0 aliphatic heterocycles. The largest absolute Gasteiger partial charge is 0.366 e. The summed E-state index contributed by atoms with van der Waals surface area (Å²) in [5.41, 5.74) is 12.8. The Morgan fingerprint density at radius 2 is 2.03 bits per heavy atom. The first kappa shape index (κ1) is 21.3. The monoisotopic (exact) mass is 427 g/mol. The Labute approximate surface area is 186 Å². The van der Waals surface area contributed by atoms with Gasteiger partial charge in [0, 0.05) is 35.2 Å². The number of hydrogen-bond donors (Lipinski definition) is 3. The van der Waals surface area contributed by atoms with E-state index in [1.54, 1.807) is 12.4 Å². The summed E-state index contributed by atoms with van der Waals surface area (Å²) in [5, 5.41) is 10.7. The number of benzene rings is 2. The Hall–Kier alpha value is -3.97. The van der Waals surface area contributed by atoms with E-state index in [9.17, 15) is 4.79 Å². The molecule has 0 radical (unpaired) electrons. The standard InChI is InChI=1S/C25H26N6O/c1-4-17-10-18(25(27)32)8-9-21(17)31-13-16(2)24-22(6-5-7-23(24)31)30-14-20(29-15-30)19(11-26)12-28-3/h5-15,26,28H,4H2,1-3H3,(H2,27,32)/p+1/b19-12+,26-11?. The SMILES string of the molecule is CCc1cc(C(N)=O)ccc1-n1cc(C)c2c(-n3cnc(/C(C=N)=C/[NH2+]C)c3)cccc21. The second-order valence-corrected chi connectivity index (χ2v) is 7.68. The average molecular weight is 428 g/mol. The molecule has 2 aromatic heterocycles. The molecule has 2 aromatic carbocycles. The number of imidazole rings is 1. The van der Waals surface area contributed by atoms with Gasteiger partial charge in [-0.1, -0.05) is 13.0 Å². The highest BCUT2D eigenvalue weighted by Crippen LogP contribution is 2.31. The van der Waals surface area contributed by atoms with E-state index in [0.717, 1.165) is 51.1 Å². The highest BCUT2D eigenvalue weighted by molar-refractivity contribution is 6.06. The normalized spacial score (nSPS) is 11.8. The number of nitrogens with two attached hydrogens (primary N) is 2. The Morgan fingerprint density at radius 1 is 1.22 bits per heavy atom. The summed E-state index contributed by atoms with van der Waals surface area (Å²) < 4.78 is 4.17. The van der Waals surface area contributed by atoms with Crippen LogP contribution in [0.2, 0.25) is 0 Å². The number of rotatable bonds is 7. The van der Waals surface area contributed by atoms with Crippen molar-refractivity contribution in [2.24, 2.45) is 5.73 Å². The summed E-state index contributed by atoms with van der Waals surface area (Å²) in [6, 6.07) is 11.8. The van der Waals surface area contributed by atoms with Crippen molar-refractivity contribution in [1.29, 1.82) is 5.41 Å². The highest BCUT2D eigenvalue weighted by atomic mass is 16.1. The zero-order chi connectivity index (χ0) is 22.8. The summed E-state index contributed by atoms with van der Waals surface area (Å²) in [7, 11) is 1.92. The minimum absolute atomic E-state index is 0.419. The maximum atomic E-state index is 11.6. The maximum absolute atomic E-state index is 11.6. The van der Waals surface area contributed by atoms with Crippen LogP contribution in [0.3, 0.4) is 0 Å². The van der Waals surface area contributed by atoms with E-state index in [0.29, 0.717) is 5.56 Å². The number of aromatic nitrogens is 3. The van der Waals surface area contributed by atoms with Crippen LogP contribution < -0.4 is 11.1 Å². The molecule has 0 unspecified atom stereocenters. The minimum Gasteiger partial charge on any atom is -0.366 e. The summed E-state index contributed by atoms with van der Waals surface area (Å²) in [6.07, 6.45) is 9.84. The number of hydrogen-bond acceptors (Lipinski definition) is 3. The molecule has 7 nitrogen and oxygen atoms in total. The number of carbonyl (C=O) groups excluding carboxylic acids is 1. The predicted octanol–water partition coefficient (Wildman–Crippen LogP) is 2.97. The third kappa shape index (κ3) is 3.63. The number of aryl methyl sites for hydroxylation is 2. The van der Waals surface area contributed by atoms with Crippen molar-refractivity contribution in [1.82, 2.24) is 14.1 Å². The van der Waals surface area contributed by atoms with Gasteiger partial charge in [0.2, 0.25) is 5.91 Å². The quantitative estimate of drug-likeness (QED) is 0.395. The second-order valence-electron chi connectivity index (χ2n) is 7.68. The molecule has 0 spiro atoms. The van der Waals surface area contributed by atoms with Gasteiger partial charge in [-0.2, -0.15) is 0 Å². The minimum atomic E-state index is -0.419. The molecule has 0 saturated heterocycles. The highest BCUT2D eigenvalue weighted by Gasteiger charge is 2.16. The number of allylic oxidation sites excluding steroid dienone is 1. The third-order valence-electron chi connectivity index (χ3n) is 5.66. The Bertz CT molecular complexity index is 1360. The van der Waals surface area contributed by atoms with Crippen LogP contribution in [0.15, 0.2) is 61.3 Å². The molecule has 0 bridgehead atoms. The molecule has 7 heteroatoms. The first-order valence-electron chi connectivity index (χ1n) is 10.6. The molecule has 0 saturated carbocycles. The summed E-state index contributed by atoms with van der Waals surface area (Å²) >= 11 is 0. The Balaban J connectivity index is 1.88. The van der Waals surface area contributed by atoms with Crippen LogP contribution in [0.25, 0.3) is 27.9 Å². The molecule has 0 fully saturated rings. The average Bonchev–Trinajstić information content (AvgIpc) is 3.42. The van der Waals surface area contributed by atoms with E-state index in [4.69, 9.17) is 11.1 Å². The maximum Gasteiger partial charge on any atom is 0.248 e. The molecule has 0 aliphatic rings. The van der Waals surface area contributed by atoms with E-state index in [1.165, 1.54) is 6.21 Å². The van der Waals surface area contributed by atoms with Crippen LogP contribution in [0.5, 0.6) is 0 Å². The number of carbonyl (C=O) groups is 1. The van der Waals surface area contributed by atoms with Gasteiger partial charge in [-0.15, -0.1) is 0 Å². The zero-order valence-electron chi connectivity index (χ0n) is 18.5. The van der Waals surface area contributed by atoms with Gasteiger partial charge < -0.3 is 25.6 Å². The molecule has 4 aromatic rings. The van der Waals surface area contributed by atoms with E-state index < -0.39 is 5.91 Å². The fraction of sp³-hybridized carbons (Fsp3) is 0.160. The van der Waals surface area contributed by atoms with E-state index in [1.807, 2.05) is 47.5 Å². The molecule has 0 aliphatic carbocycles. The lowest BCUT2D eigenvalue weighted by molar-refractivity contribution is -0.555. The molecular formula is C25H27N6O+. The first-order chi connectivity index (χ1) is 15.5. The van der Waals surface area contributed by atoms with Gasteiger partial charge in [-0.05, 0) is 54.8 Å². The lowest BCUT2D eigenvalue weighted by Gasteiger charge is -2.13. The fourth-order valence-electron chi connectivity index (χ4n) is 4.12. The molecule has 4 rings (SSSR count). The molecule has 1 amide bonds. The Kier molecular flexibility index (Phi) is 5.75. The van der Waals surface area contributed by atoms with Crippen LogP contribution in [0.4, 0.5) is 0 Å². The number of nitrogens with one attached hydrogen (secondary N) is 1. The van der Waals surface area contributed by atoms with Crippen molar-refractivity contribution < 1.29 is 10.1 Å². The topological polar surface area (TPSA) is 106 Å². The molecule has 5 N–H and O–H groups in total. The number of quaternary nitrogens is 1. The zero-order valence-corrected chi connectivity index (χ0v) is 18.5. The number of primary amides is 1. The van der Waals surface area contributed by atoms with Crippen molar-refractivity contribution in [2.45, 2.75) is 20.3 Å². The van der Waals surface area contributed by atoms with Gasteiger partial charge in [0.05, 0.1) is 35.8 Å². The van der Waals surface area contributed by atoms with E-state index >= 15 is 0 Å². The number of amides is 1. The summed E-state index contributed by atoms with van der Waals surface area (Å²) in [4.78, 5) is 16.1. The first-order valence-corrected chi connectivity index (χ1v) is 10.6. The fourth-order valence-corrected chi connectivity index (χ4v) is 4.12. The lowest BCUT2D eigenvalue weighted by Crippen LogP contribution is -2.72. The van der Waals surface area contributed by atoms with Crippen molar-refractivity contribution in [2.75, 3.05) is 7.05 Å². The van der Waals surface area contributed by atoms with Crippen molar-refractivity contribution in [3.8, 4) is 11.4 Å². The second kappa shape index (κ2) is 8.64. The third-order valence-corrected chi connectivity index (χ3v) is 5.66. The Morgan fingerprint density at radius 3 is 2.72 bits per heavy atom. The van der Waals surface area contributed by atoms with Crippen LogP contribution >= 0.6 is 0 Å². The van der Waals surface area contributed by atoms with Gasteiger partial charge in [0.1, 0.15) is 6.20 Å². The van der Waals surface area contributed by atoms with Crippen LogP contribution in [0, 0.1) is 12.3 Å². The molecule has 32 heavy (non-hydrogen) atoms. The molecule has 2 heterocycles. The summed E-state index contributed by atoms with van der Waals surface area (Å²) in [6.45, 7) is 4.17. The lowest BCUT2D eigenvalue weighted by atomic mass is 10.1. The van der Waals surface area contributed by atoms with Gasteiger partial charge >= 0.3 is 0 Å². The van der Waals surface area contributed by atoms with Crippen LogP contribution in [-0.2, 0) is 6.42 Å². The number of fused-ring (bicyclic) bond motifs is 1. The number of nitrogens with zero attached hydrogens (tertiary/aromatic N) is 3. The van der Waals surface area contributed by atoms with Gasteiger partial charge in [-0.25, -0.2) is 4.98 Å². The van der Waals surface area contributed by atoms with Crippen LogP contribution in [0.1, 0.15) is 34.1 Å². The van der Waals surface area contributed by atoms with Gasteiger partial charge in [0.25, 0.3) is 0 Å². The van der Waals surface area contributed by atoms with Crippen molar-refractivity contribution >= 4 is 28.6 Å².